The molecule has 25 heavy (non-hydrogen) atoms. The molecule has 3 rings (SSSR count). The number of benzene rings is 2. The normalized spacial score (nSPS) is 14.1. The van der Waals surface area contributed by atoms with Crippen LogP contribution in [0, 0.1) is 18.6 Å². The van der Waals surface area contributed by atoms with E-state index < -0.39 is 17.5 Å². The van der Waals surface area contributed by atoms with E-state index in [1.807, 2.05) is 13.0 Å². The van der Waals surface area contributed by atoms with Gasteiger partial charge < -0.3 is 5.32 Å². The number of hydrogen-bond donors (Lipinski definition) is 2. The van der Waals surface area contributed by atoms with Gasteiger partial charge in [0.1, 0.15) is 0 Å². The van der Waals surface area contributed by atoms with Crippen LogP contribution in [0.3, 0.4) is 0 Å². The third kappa shape index (κ3) is 3.99. The third-order valence-electron chi connectivity index (χ3n) is 4.16. The summed E-state index contributed by atoms with van der Waals surface area (Å²) in [6.07, 6.45) is 2.79. The van der Waals surface area contributed by atoms with Crippen LogP contribution in [0.5, 0.6) is 0 Å². The molecule has 0 bridgehead atoms. The lowest BCUT2D eigenvalue weighted by Gasteiger charge is -2.25. The summed E-state index contributed by atoms with van der Waals surface area (Å²) in [4.78, 5) is 17.6. The van der Waals surface area contributed by atoms with E-state index in [1.165, 1.54) is 6.07 Å². The maximum Gasteiger partial charge on any atom is 0.277 e. The number of hydroxylamine groups is 1. The summed E-state index contributed by atoms with van der Waals surface area (Å²) < 4.78 is 28.9. The first-order valence-corrected chi connectivity index (χ1v) is 8.72. The quantitative estimate of drug-likeness (QED) is 0.682. The highest BCUT2D eigenvalue weighted by Crippen LogP contribution is 2.29. The molecule has 7 heteroatoms. The van der Waals surface area contributed by atoms with Crippen molar-refractivity contribution in [2.45, 2.75) is 32.3 Å². The van der Waals surface area contributed by atoms with Gasteiger partial charge in [-0.15, -0.1) is 0 Å². The monoisotopic (exact) mass is 410 g/mol. The van der Waals surface area contributed by atoms with Gasteiger partial charge in [0, 0.05) is 10.2 Å². The van der Waals surface area contributed by atoms with Crippen LogP contribution in [0.2, 0.25) is 0 Å². The SMILES string of the molecule is Cc1cc(Br)ccc1Nc1c(C(=O)NOC2CCC2)ccc(F)c1F. The Labute approximate surface area is 152 Å². The zero-order valence-electron chi connectivity index (χ0n) is 13.5. The minimum atomic E-state index is -1.11. The van der Waals surface area contributed by atoms with Gasteiger partial charge in [-0.05, 0) is 62.1 Å². The standard InChI is InChI=1S/C18H17BrF2N2O2/c1-10-9-11(19)5-8-15(10)22-17-13(6-7-14(20)16(17)21)18(24)23-25-12-3-2-4-12/h5-9,12,22H,2-4H2,1H3,(H,23,24). The van der Waals surface area contributed by atoms with Gasteiger partial charge in [0.25, 0.3) is 5.91 Å². The van der Waals surface area contributed by atoms with E-state index in [-0.39, 0.29) is 17.4 Å². The molecule has 1 fully saturated rings. The highest BCUT2D eigenvalue weighted by atomic mass is 79.9. The fraction of sp³-hybridized carbons (Fsp3) is 0.278. The molecule has 2 N–H and O–H groups in total. The Morgan fingerprint density at radius 3 is 2.64 bits per heavy atom. The van der Waals surface area contributed by atoms with Gasteiger partial charge in [-0.1, -0.05) is 15.9 Å². The zero-order valence-corrected chi connectivity index (χ0v) is 15.1. The highest BCUT2D eigenvalue weighted by molar-refractivity contribution is 9.10. The number of anilines is 2. The fourth-order valence-electron chi connectivity index (χ4n) is 2.44. The highest BCUT2D eigenvalue weighted by Gasteiger charge is 2.23. The van der Waals surface area contributed by atoms with E-state index in [0.717, 1.165) is 35.4 Å². The number of nitrogens with one attached hydrogen (secondary N) is 2. The van der Waals surface area contributed by atoms with Crippen molar-refractivity contribution in [3.63, 3.8) is 0 Å². The lowest BCUT2D eigenvalue weighted by Crippen LogP contribution is -2.33. The lowest BCUT2D eigenvalue weighted by atomic mass is 9.97. The van der Waals surface area contributed by atoms with E-state index in [4.69, 9.17) is 4.84 Å². The molecule has 0 atom stereocenters. The molecule has 0 heterocycles. The molecule has 0 aromatic heterocycles. The summed E-state index contributed by atoms with van der Waals surface area (Å²) in [7, 11) is 0. The van der Waals surface area contributed by atoms with Gasteiger partial charge >= 0.3 is 0 Å². The molecule has 1 aliphatic rings. The summed E-state index contributed by atoms with van der Waals surface area (Å²) in [5.41, 5.74) is 3.46. The Balaban J connectivity index is 1.87. The molecule has 1 aliphatic carbocycles. The molecule has 0 aliphatic heterocycles. The Kier molecular flexibility index (Phi) is 5.34. The van der Waals surface area contributed by atoms with Crippen molar-refractivity contribution in [1.82, 2.24) is 5.48 Å². The first kappa shape index (κ1) is 17.8. The minimum Gasteiger partial charge on any atom is -0.352 e. The zero-order chi connectivity index (χ0) is 18.0. The predicted octanol–water partition coefficient (Wildman–Crippen LogP) is 4.99. The van der Waals surface area contributed by atoms with Gasteiger partial charge in [-0.2, -0.15) is 0 Å². The summed E-state index contributed by atoms with van der Waals surface area (Å²) in [5, 5.41) is 2.82. The first-order chi connectivity index (χ1) is 12.0. The van der Waals surface area contributed by atoms with E-state index in [9.17, 15) is 13.6 Å². The number of amides is 1. The van der Waals surface area contributed by atoms with Gasteiger partial charge in [0.2, 0.25) is 0 Å². The number of carbonyl (C=O) groups is 1. The molecule has 0 spiro atoms. The molecule has 1 amide bonds. The van der Waals surface area contributed by atoms with E-state index in [0.29, 0.717) is 5.69 Å². The van der Waals surface area contributed by atoms with Crippen molar-refractivity contribution in [1.29, 1.82) is 0 Å². The smallest absolute Gasteiger partial charge is 0.277 e. The maximum atomic E-state index is 14.3. The largest absolute Gasteiger partial charge is 0.352 e. The summed E-state index contributed by atoms with van der Waals surface area (Å²) in [6, 6.07) is 7.48. The summed E-state index contributed by atoms with van der Waals surface area (Å²) >= 11 is 3.35. The Hall–Kier alpha value is -1.99. The second-order valence-corrected chi connectivity index (χ2v) is 6.89. The van der Waals surface area contributed by atoms with E-state index >= 15 is 0 Å². The lowest BCUT2D eigenvalue weighted by molar-refractivity contribution is -0.0507. The molecule has 4 nitrogen and oxygen atoms in total. The van der Waals surface area contributed by atoms with Crippen molar-refractivity contribution in [3.8, 4) is 0 Å². The van der Waals surface area contributed by atoms with E-state index in [2.05, 4.69) is 26.7 Å². The summed E-state index contributed by atoms with van der Waals surface area (Å²) in [5.74, 6) is -2.77. The number of aryl methyl sites for hydroxylation is 1. The van der Waals surface area contributed by atoms with Crippen LogP contribution >= 0.6 is 15.9 Å². The van der Waals surface area contributed by atoms with Crippen molar-refractivity contribution in [2.75, 3.05) is 5.32 Å². The Morgan fingerprint density at radius 2 is 2.00 bits per heavy atom. The molecule has 2 aromatic rings. The average molecular weight is 411 g/mol. The van der Waals surface area contributed by atoms with Gasteiger partial charge in [-0.3, -0.25) is 9.63 Å². The second-order valence-electron chi connectivity index (χ2n) is 5.97. The van der Waals surface area contributed by atoms with Crippen LogP contribution in [-0.2, 0) is 4.84 Å². The van der Waals surface area contributed by atoms with Crippen molar-refractivity contribution < 1.29 is 18.4 Å². The molecule has 0 radical (unpaired) electrons. The molecular weight excluding hydrogens is 394 g/mol. The average Bonchev–Trinajstić information content (AvgIpc) is 2.52. The molecule has 132 valence electrons. The number of rotatable bonds is 5. The summed E-state index contributed by atoms with van der Waals surface area (Å²) in [6.45, 7) is 1.82. The first-order valence-electron chi connectivity index (χ1n) is 7.93. The third-order valence-corrected chi connectivity index (χ3v) is 4.65. The number of hydrogen-bond acceptors (Lipinski definition) is 3. The van der Waals surface area contributed by atoms with Crippen LogP contribution < -0.4 is 10.8 Å². The molecule has 0 saturated heterocycles. The molecular formula is C18H17BrF2N2O2. The van der Waals surface area contributed by atoms with Gasteiger partial charge in [0.05, 0.1) is 17.4 Å². The van der Waals surface area contributed by atoms with Crippen LogP contribution in [-0.4, -0.2) is 12.0 Å². The number of halogens is 3. The minimum absolute atomic E-state index is 0.0145. The molecule has 2 aromatic carbocycles. The Morgan fingerprint density at radius 1 is 1.24 bits per heavy atom. The fourth-order valence-corrected chi connectivity index (χ4v) is 2.92. The molecule has 1 saturated carbocycles. The molecule has 0 unspecified atom stereocenters. The van der Waals surface area contributed by atoms with Gasteiger partial charge in [-0.25, -0.2) is 14.3 Å². The predicted molar refractivity (Wildman–Crippen MR) is 94.7 cm³/mol. The van der Waals surface area contributed by atoms with Crippen LogP contribution in [0.15, 0.2) is 34.8 Å². The van der Waals surface area contributed by atoms with Crippen LogP contribution in [0.1, 0.15) is 35.2 Å². The van der Waals surface area contributed by atoms with Gasteiger partial charge in [0.15, 0.2) is 11.6 Å². The number of carbonyl (C=O) groups excluding carboxylic acids is 1. The van der Waals surface area contributed by atoms with Crippen molar-refractivity contribution >= 4 is 33.2 Å². The Bertz CT molecular complexity index is 810. The van der Waals surface area contributed by atoms with Crippen LogP contribution in [0.25, 0.3) is 0 Å². The van der Waals surface area contributed by atoms with Crippen molar-refractivity contribution in [3.05, 3.63) is 57.6 Å². The second kappa shape index (κ2) is 7.49. The van der Waals surface area contributed by atoms with E-state index in [1.54, 1.807) is 12.1 Å². The van der Waals surface area contributed by atoms with Crippen molar-refractivity contribution in [2.24, 2.45) is 0 Å². The van der Waals surface area contributed by atoms with Crippen LogP contribution in [0.4, 0.5) is 20.2 Å². The maximum absolute atomic E-state index is 14.3. The topological polar surface area (TPSA) is 50.4 Å².